The molecule has 1 atom stereocenters. The molecule has 0 saturated carbocycles. The zero-order valence-corrected chi connectivity index (χ0v) is 14.9. The lowest BCUT2D eigenvalue weighted by Crippen LogP contribution is -2.38. The lowest BCUT2D eigenvalue weighted by Gasteiger charge is -2.33. The molecule has 0 bridgehead atoms. The van der Waals surface area contributed by atoms with Gasteiger partial charge in [0.1, 0.15) is 6.33 Å². The molecule has 1 aliphatic heterocycles. The Balaban J connectivity index is 1.55. The molecule has 24 heavy (non-hydrogen) atoms. The maximum absolute atomic E-state index is 4.11. The van der Waals surface area contributed by atoms with Crippen molar-refractivity contribution in [3.05, 3.63) is 48.5 Å². The van der Waals surface area contributed by atoms with Gasteiger partial charge in [0.25, 0.3) is 0 Å². The minimum atomic E-state index is 0.758. The number of piperidine rings is 1. The quantitative estimate of drug-likeness (QED) is 0.815. The second-order valence-corrected chi connectivity index (χ2v) is 6.98. The van der Waals surface area contributed by atoms with Crippen LogP contribution in [0.25, 0.3) is 11.1 Å². The Morgan fingerprint density at radius 3 is 2.79 bits per heavy atom. The molecule has 1 fully saturated rings. The fourth-order valence-electron chi connectivity index (χ4n) is 3.57. The normalized spacial score (nSPS) is 18.9. The SMILES string of the molecule is CN(CCC1CCCCN1C)Cc1cccc(-c2cncnc2)c1. The molecule has 3 rings (SSSR count). The van der Waals surface area contributed by atoms with Crippen molar-refractivity contribution >= 4 is 0 Å². The van der Waals surface area contributed by atoms with Crippen LogP contribution in [0.15, 0.2) is 43.0 Å². The number of aromatic nitrogens is 2. The minimum absolute atomic E-state index is 0.758. The van der Waals surface area contributed by atoms with Gasteiger partial charge >= 0.3 is 0 Å². The van der Waals surface area contributed by atoms with Crippen molar-refractivity contribution in [1.29, 1.82) is 0 Å². The number of likely N-dealkylation sites (tertiary alicyclic amines) is 1. The molecule has 1 aromatic carbocycles. The number of benzene rings is 1. The summed E-state index contributed by atoms with van der Waals surface area (Å²) in [5, 5.41) is 0. The van der Waals surface area contributed by atoms with Crippen LogP contribution in [0.4, 0.5) is 0 Å². The van der Waals surface area contributed by atoms with Crippen LogP contribution in [-0.4, -0.2) is 53.0 Å². The zero-order chi connectivity index (χ0) is 16.8. The first-order valence-electron chi connectivity index (χ1n) is 8.95. The highest BCUT2D eigenvalue weighted by Gasteiger charge is 2.18. The molecule has 0 spiro atoms. The minimum Gasteiger partial charge on any atom is -0.303 e. The summed E-state index contributed by atoms with van der Waals surface area (Å²) in [4.78, 5) is 13.2. The highest BCUT2D eigenvalue weighted by Crippen LogP contribution is 2.20. The molecule has 1 unspecified atom stereocenters. The van der Waals surface area contributed by atoms with Crippen LogP contribution in [0.2, 0.25) is 0 Å². The van der Waals surface area contributed by atoms with Gasteiger partial charge in [0, 0.05) is 30.5 Å². The Kier molecular flexibility index (Phi) is 5.94. The van der Waals surface area contributed by atoms with E-state index in [-0.39, 0.29) is 0 Å². The molecule has 0 amide bonds. The van der Waals surface area contributed by atoms with Crippen molar-refractivity contribution in [2.45, 2.75) is 38.3 Å². The smallest absolute Gasteiger partial charge is 0.115 e. The van der Waals surface area contributed by atoms with Crippen molar-refractivity contribution < 1.29 is 0 Å². The predicted octanol–water partition coefficient (Wildman–Crippen LogP) is 3.45. The zero-order valence-electron chi connectivity index (χ0n) is 14.9. The van der Waals surface area contributed by atoms with Gasteiger partial charge in [-0.15, -0.1) is 0 Å². The molecule has 1 aromatic heterocycles. The predicted molar refractivity (Wildman–Crippen MR) is 98.7 cm³/mol. The van der Waals surface area contributed by atoms with E-state index in [0.717, 1.165) is 24.7 Å². The summed E-state index contributed by atoms with van der Waals surface area (Å²) in [6, 6.07) is 9.46. The summed E-state index contributed by atoms with van der Waals surface area (Å²) < 4.78 is 0. The van der Waals surface area contributed by atoms with Crippen molar-refractivity contribution in [2.75, 3.05) is 27.2 Å². The molecule has 2 aromatic rings. The van der Waals surface area contributed by atoms with Gasteiger partial charge in [0.2, 0.25) is 0 Å². The van der Waals surface area contributed by atoms with Gasteiger partial charge in [0.15, 0.2) is 0 Å². The van der Waals surface area contributed by atoms with Gasteiger partial charge in [-0.2, -0.15) is 0 Å². The Labute approximate surface area is 145 Å². The lowest BCUT2D eigenvalue weighted by molar-refractivity contribution is 0.159. The van der Waals surface area contributed by atoms with Gasteiger partial charge in [-0.25, -0.2) is 9.97 Å². The Hall–Kier alpha value is -1.78. The second kappa shape index (κ2) is 8.36. The summed E-state index contributed by atoms with van der Waals surface area (Å²) >= 11 is 0. The molecule has 1 aliphatic rings. The molecule has 4 nitrogen and oxygen atoms in total. The monoisotopic (exact) mass is 324 g/mol. The first-order chi connectivity index (χ1) is 11.7. The first-order valence-corrected chi connectivity index (χ1v) is 8.95. The lowest BCUT2D eigenvalue weighted by atomic mass is 10.00. The van der Waals surface area contributed by atoms with Gasteiger partial charge < -0.3 is 9.80 Å². The fraction of sp³-hybridized carbons (Fsp3) is 0.500. The topological polar surface area (TPSA) is 32.3 Å². The maximum Gasteiger partial charge on any atom is 0.115 e. The average molecular weight is 324 g/mol. The molecule has 128 valence electrons. The van der Waals surface area contributed by atoms with Crippen LogP contribution in [0.5, 0.6) is 0 Å². The molecule has 0 N–H and O–H groups in total. The van der Waals surface area contributed by atoms with E-state index in [1.165, 1.54) is 43.4 Å². The van der Waals surface area contributed by atoms with E-state index in [1.807, 2.05) is 12.4 Å². The summed E-state index contributed by atoms with van der Waals surface area (Å²) in [6.45, 7) is 3.39. The van der Waals surface area contributed by atoms with Crippen molar-refractivity contribution in [3.63, 3.8) is 0 Å². The van der Waals surface area contributed by atoms with Gasteiger partial charge in [0.05, 0.1) is 0 Å². The van der Waals surface area contributed by atoms with Crippen molar-refractivity contribution in [3.8, 4) is 11.1 Å². The van der Waals surface area contributed by atoms with E-state index in [4.69, 9.17) is 0 Å². The average Bonchev–Trinajstić information content (AvgIpc) is 2.62. The van der Waals surface area contributed by atoms with Gasteiger partial charge in [-0.3, -0.25) is 0 Å². The van der Waals surface area contributed by atoms with Gasteiger partial charge in [-0.1, -0.05) is 24.6 Å². The second-order valence-electron chi connectivity index (χ2n) is 6.98. The van der Waals surface area contributed by atoms with E-state index < -0.39 is 0 Å². The highest BCUT2D eigenvalue weighted by molar-refractivity contribution is 5.62. The Bertz CT molecular complexity index is 629. The molecule has 4 heteroatoms. The summed E-state index contributed by atoms with van der Waals surface area (Å²) in [7, 11) is 4.50. The molecular formula is C20H28N4. The first kappa shape index (κ1) is 17.1. The van der Waals surface area contributed by atoms with Crippen LogP contribution < -0.4 is 0 Å². The van der Waals surface area contributed by atoms with Crippen LogP contribution in [0.1, 0.15) is 31.2 Å². The summed E-state index contributed by atoms with van der Waals surface area (Å²) in [5.74, 6) is 0. The third kappa shape index (κ3) is 4.62. The Morgan fingerprint density at radius 2 is 2.00 bits per heavy atom. The van der Waals surface area contributed by atoms with E-state index in [2.05, 4.69) is 58.1 Å². The molecule has 1 saturated heterocycles. The van der Waals surface area contributed by atoms with E-state index in [9.17, 15) is 0 Å². The largest absolute Gasteiger partial charge is 0.303 e. The van der Waals surface area contributed by atoms with Crippen molar-refractivity contribution in [2.24, 2.45) is 0 Å². The molecular weight excluding hydrogens is 296 g/mol. The third-order valence-corrected chi connectivity index (χ3v) is 5.04. The third-order valence-electron chi connectivity index (χ3n) is 5.04. The van der Waals surface area contributed by atoms with Gasteiger partial charge in [-0.05, 0) is 63.6 Å². The van der Waals surface area contributed by atoms with E-state index >= 15 is 0 Å². The van der Waals surface area contributed by atoms with Crippen LogP contribution >= 0.6 is 0 Å². The molecule has 2 heterocycles. The van der Waals surface area contributed by atoms with E-state index in [1.54, 1.807) is 6.33 Å². The maximum atomic E-state index is 4.11. The Morgan fingerprint density at radius 1 is 1.17 bits per heavy atom. The van der Waals surface area contributed by atoms with Crippen LogP contribution in [0, 0.1) is 0 Å². The van der Waals surface area contributed by atoms with Crippen molar-refractivity contribution in [1.82, 2.24) is 19.8 Å². The summed E-state index contributed by atoms with van der Waals surface area (Å²) in [6.07, 6.45) is 10.7. The van der Waals surface area contributed by atoms with E-state index in [0.29, 0.717) is 0 Å². The number of rotatable bonds is 6. The number of hydrogen-bond donors (Lipinski definition) is 0. The fourth-order valence-corrected chi connectivity index (χ4v) is 3.57. The molecule has 0 radical (unpaired) electrons. The number of hydrogen-bond acceptors (Lipinski definition) is 4. The standard InChI is InChI=1S/C20H28N4/c1-23(11-9-20-8-3-4-10-24(20)2)15-17-6-5-7-18(12-17)19-13-21-16-22-14-19/h5-7,12-14,16,20H,3-4,8-11,15H2,1-2H3. The molecule has 0 aliphatic carbocycles. The van der Waals surface area contributed by atoms with Crippen LogP contribution in [0.3, 0.4) is 0 Å². The number of nitrogens with zero attached hydrogens (tertiary/aromatic N) is 4. The highest BCUT2D eigenvalue weighted by atomic mass is 15.1. The van der Waals surface area contributed by atoms with Crippen LogP contribution in [-0.2, 0) is 6.54 Å². The summed E-state index contributed by atoms with van der Waals surface area (Å²) in [5.41, 5.74) is 3.61.